The number of carbonyl (C=O) groups is 3. The highest BCUT2D eigenvalue weighted by Crippen LogP contribution is 2.34. The second-order valence-electron chi connectivity index (χ2n) is 7.49. The van der Waals surface area contributed by atoms with Gasteiger partial charge in [-0.1, -0.05) is 0 Å². The van der Waals surface area contributed by atoms with E-state index in [1.807, 2.05) is 6.92 Å². The van der Waals surface area contributed by atoms with E-state index in [9.17, 15) is 22.8 Å². The summed E-state index contributed by atoms with van der Waals surface area (Å²) in [6, 6.07) is 2.48. The van der Waals surface area contributed by atoms with E-state index in [2.05, 4.69) is 5.32 Å². The lowest BCUT2D eigenvalue weighted by molar-refractivity contribution is -0.120. The Labute approximate surface area is 195 Å². The maximum absolute atomic E-state index is 12.9. The number of methoxy groups -OCH3 is 1. The smallest absolute Gasteiger partial charge is 0.374 e. The molecule has 0 saturated carbocycles. The molecule has 180 valence electrons. The largest absolute Gasteiger partial charge is 0.465 e. The quantitative estimate of drug-likeness (QED) is 0.576. The molecule has 3 rings (SSSR count). The fourth-order valence-corrected chi connectivity index (χ4v) is 5.97. The van der Waals surface area contributed by atoms with E-state index in [4.69, 9.17) is 13.9 Å². The topological polar surface area (TPSA) is 132 Å². The van der Waals surface area contributed by atoms with Gasteiger partial charge < -0.3 is 19.2 Å². The zero-order valence-corrected chi connectivity index (χ0v) is 20.4. The van der Waals surface area contributed by atoms with Crippen LogP contribution in [0.5, 0.6) is 0 Å². The lowest BCUT2D eigenvalue weighted by Gasteiger charge is -2.29. The van der Waals surface area contributed by atoms with Crippen molar-refractivity contribution in [2.75, 3.05) is 32.1 Å². The molecule has 2 aromatic rings. The molecule has 0 aliphatic carbocycles. The van der Waals surface area contributed by atoms with Gasteiger partial charge >= 0.3 is 11.9 Å². The summed E-state index contributed by atoms with van der Waals surface area (Å²) in [6.07, 6.45) is 0.598. The number of piperidine rings is 1. The third-order valence-corrected chi connectivity index (χ3v) is 8.38. The number of esters is 2. The SMILES string of the molecule is CCOC(=O)c1ccc(S(=O)(=O)N2CCC(C(=O)Nc3sc(C)c(C)c3C(=O)OC)CC2)o1. The Bertz CT molecular complexity index is 1160. The molecule has 3 heterocycles. The fourth-order valence-electron chi connectivity index (χ4n) is 3.53. The van der Waals surface area contributed by atoms with Crippen LogP contribution < -0.4 is 5.32 Å². The van der Waals surface area contributed by atoms with Gasteiger partial charge in [-0.25, -0.2) is 18.0 Å². The lowest BCUT2D eigenvalue weighted by atomic mass is 9.97. The molecule has 0 unspecified atom stereocenters. The van der Waals surface area contributed by atoms with Crippen molar-refractivity contribution >= 4 is 44.2 Å². The number of carbonyl (C=O) groups excluding carboxylic acids is 3. The van der Waals surface area contributed by atoms with Gasteiger partial charge in [0, 0.05) is 23.9 Å². The first-order chi connectivity index (χ1) is 15.6. The van der Waals surface area contributed by atoms with Gasteiger partial charge in [0.1, 0.15) is 5.00 Å². The second-order valence-corrected chi connectivity index (χ2v) is 10.6. The average Bonchev–Trinajstić information content (AvgIpc) is 3.39. The van der Waals surface area contributed by atoms with E-state index >= 15 is 0 Å². The molecule has 1 saturated heterocycles. The van der Waals surface area contributed by atoms with Crippen LogP contribution in [0.4, 0.5) is 5.00 Å². The van der Waals surface area contributed by atoms with Gasteiger partial charge in [0.15, 0.2) is 0 Å². The van der Waals surface area contributed by atoms with Crippen molar-refractivity contribution in [2.24, 2.45) is 5.92 Å². The number of rotatable bonds is 7. The van der Waals surface area contributed by atoms with Crippen LogP contribution in [-0.4, -0.2) is 57.4 Å². The molecular weight excluding hydrogens is 472 g/mol. The van der Waals surface area contributed by atoms with Crippen LogP contribution in [0.25, 0.3) is 0 Å². The van der Waals surface area contributed by atoms with Crippen molar-refractivity contribution in [1.82, 2.24) is 4.31 Å². The number of thiophene rings is 1. The minimum atomic E-state index is -3.95. The number of ether oxygens (including phenoxy) is 2. The molecule has 1 fully saturated rings. The third kappa shape index (κ3) is 5.12. The van der Waals surface area contributed by atoms with Crippen LogP contribution in [0.1, 0.15) is 51.1 Å². The number of hydrogen-bond acceptors (Lipinski definition) is 9. The van der Waals surface area contributed by atoms with Gasteiger partial charge in [-0.15, -0.1) is 11.3 Å². The normalized spacial score (nSPS) is 15.3. The van der Waals surface area contributed by atoms with Crippen molar-refractivity contribution in [1.29, 1.82) is 0 Å². The molecule has 0 radical (unpaired) electrons. The number of amides is 1. The van der Waals surface area contributed by atoms with Crippen LogP contribution in [-0.2, 0) is 24.3 Å². The number of aryl methyl sites for hydroxylation is 1. The van der Waals surface area contributed by atoms with Crippen LogP contribution in [0.3, 0.4) is 0 Å². The molecule has 0 atom stereocenters. The molecule has 1 N–H and O–H groups in total. The number of furan rings is 1. The van der Waals surface area contributed by atoms with E-state index in [0.29, 0.717) is 23.4 Å². The molecule has 12 heteroatoms. The van der Waals surface area contributed by atoms with E-state index in [1.165, 1.54) is 34.9 Å². The van der Waals surface area contributed by atoms with Crippen LogP contribution in [0.15, 0.2) is 21.6 Å². The number of hydrogen-bond donors (Lipinski definition) is 1. The first-order valence-corrected chi connectivity index (χ1v) is 12.6. The molecule has 1 amide bonds. The van der Waals surface area contributed by atoms with E-state index < -0.39 is 27.9 Å². The molecule has 1 aliphatic rings. The Hall–Kier alpha value is -2.70. The van der Waals surface area contributed by atoms with Gasteiger partial charge in [0.25, 0.3) is 10.0 Å². The first kappa shape index (κ1) is 24.9. The van der Waals surface area contributed by atoms with E-state index in [-0.39, 0.29) is 36.5 Å². The molecule has 1 aliphatic heterocycles. The Kier molecular flexibility index (Phi) is 7.60. The summed E-state index contributed by atoms with van der Waals surface area (Å²) in [5, 5.41) is 2.89. The maximum atomic E-state index is 12.9. The zero-order valence-electron chi connectivity index (χ0n) is 18.8. The Morgan fingerprint density at radius 1 is 1.18 bits per heavy atom. The minimum Gasteiger partial charge on any atom is -0.465 e. The number of sulfonamides is 1. The molecule has 0 aromatic carbocycles. The highest BCUT2D eigenvalue weighted by molar-refractivity contribution is 7.89. The van der Waals surface area contributed by atoms with Crippen molar-refractivity contribution < 1.29 is 36.7 Å². The monoisotopic (exact) mass is 498 g/mol. The number of anilines is 1. The van der Waals surface area contributed by atoms with Gasteiger partial charge in [0.05, 0.1) is 19.3 Å². The van der Waals surface area contributed by atoms with Crippen molar-refractivity contribution in [3.63, 3.8) is 0 Å². The van der Waals surface area contributed by atoms with Crippen molar-refractivity contribution in [3.05, 3.63) is 33.9 Å². The van der Waals surface area contributed by atoms with Crippen molar-refractivity contribution in [2.45, 2.75) is 38.7 Å². The first-order valence-electron chi connectivity index (χ1n) is 10.4. The van der Waals surface area contributed by atoms with Crippen LogP contribution >= 0.6 is 11.3 Å². The lowest BCUT2D eigenvalue weighted by Crippen LogP contribution is -2.41. The summed E-state index contributed by atoms with van der Waals surface area (Å²) in [5.74, 6) is -2.14. The van der Waals surface area contributed by atoms with Gasteiger partial charge in [-0.2, -0.15) is 4.31 Å². The summed E-state index contributed by atoms with van der Waals surface area (Å²) in [6.45, 7) is 5.65. The predicted octanol–water partition coefficient (Wildman–Crippen LogP) is 2.96. The Balaban J connectivity index is 1.65. The van der Waals surface area contributed by atoms with Gasteiger partial charge in [-0.3, -0.25) is 4.79 Å². The molecule has 33 heavy (non-hydrogen) atoms. The molecule has 10 nitrogen and oxygen atoms in total. The Morgan fingerprint density at radius 2 is 1.85 bits per heavy atom. The molecular formula is C21H26N2O8S2. The summed E-state index contributed by atoms with van der Waals surface area (Å²) >= 11 is 1.30. The Morgan fingerprint density at radius 3 is 2.45 bits per heavy atom. The second kappa shape index (κ2) is 10.1. The van der Waals surface area contributed by atoms with Crippen molar-refractivity contribution in [3.8, 4) is 0 Å². The summed E-state index contributed by atoms with van der Waals surface area (Å²) in [5.41, 5.74) is 1.09. The molecule has 0 bridgehead atoms. The van der Waals surface area contributed by atoms with Gasteiger partial charge in [0.2, 0.25) is 16.8 Å². The molecule has 2 aromatic heterocycles. The summed E-state index contributed by atoms with van der Waals surface area (Å²) < 4.78 is 41.8. The summed E-state index contributed by atoms with van der Waals surface area (Å²) in [7, 11) is -2.67. The molecule has 0 spiro atoms. The van der Waals surface area contributed by atoms with Crippen LogP contribution in [0.2, 0.25) is 0 Å². The summed E-state index contributed by atoms with van der Waals surface area (Å²) in [4.78, 5) is 37.6. The predicted molar refractivity (Wildman–Crippen MR) is 120 cm³/mol. The van der Waals surface area contributed by atoms with Crippen LogP contribution in [0, 0.1) is 19.8 Å². The maximum Gasteiger partial charge on any atom is 0.374 e. The fraction of sp³-hybridized carbons (Fsp3) is 0.476. The standard InChI is InChI=1S/C21H26N2O8S2/c1-5-30-20(25)15-6-7-16(31-15)33(27,28)23-10-8-14(9-11-23)18(24)22-19-17(21(26)29-4)12(2)13(3)32-19/h6-7,14H,5,8-11H2,1-4H3,(H,22,24). The highest BCUT2D eigenvalue weighted by atomic mass is 32.2. The zero-order chi connectivity index (χ0) is 24.3. The average molecular weight is 499 g/mol. The highest BCUT2D eigenvalue weighted by Gasteiger charge is 2.35. The van der Waals surface area contributed by atoms with E-state index in [0.717, 1.165) is 10.4 Å². The minimum absolute atomic E-state index is 0.113. The number of nitrogens with zero attached hydrogens (tertiary/aromatic N) is 1. The van der Waals surface area contributed by atoms with Gasteiger partial charge in [-0.05, 0) is 51.3 Å². The number of nitrogens with one attached hydrogen (secondary N) is 1. The van der Waals surface area contributed by atoms with E-state index in [1.54, 1.807) is 13.8 Å². The third-order valence-electron chi connectivity index (χ3n) is 5.49.